The molecule has 3 heterocycles. The number of ether oxygens (including phenoxy) is 4. The molecule has 3 saturated heterocycles. The Labute approximate surface area is 232 Å². The number of likely N-dealkylation sites (tertiary alicyclic amines) is 1. The molecule has 1 N–H and O–H groups in total. The average Bonchev–Trinajstić information content (AvgIpc) is 2.90. The number of nitrogens with zero attached hydrogens (tertiary/aromatic N) is 3. The molecule has 0 aliphatic carbocycles. The number of aliphatic hydroxyl groups is 1. The first kappa shape index (κ1) is 29.6. The van der Waals surface area contributed by atoms with Gasteiger partial charge in [0.15, 0.2) is 6.61 Å². The molecule has 0 unspecified atom stereocenters. The first-order valence-electron chi connectivity index (χ1n) is 14.0. The van der Waals surface area contributed by atoms with Crippen LogP contribution < -0.4 is 4.74 Å². The molecule has 0 saturated carbocycles. The number of piperidine rings is 1. The Morgan fingerprint density at radius 1 is 1.10 bits per heavy atom. The van der Waals surface area contributed by atoms with Crippen molar-refractivity contribution in [3.05, 3.63) is 29.8 Å². The van der Waals surface area contributed by atoms with Gasteiger partial charge in [-0.15, -0.1) is 0 Å². The summed E-state index contributed by atoms with van der Waals surface area (Å²) >= 11 is 0. The number of hydrogen-bond donors (Lipinski definition) is 1. The molecule has 3 fully saturated rings. The zero-order chi connectivity index (χ0) is 28.3. The van der Waals surface area contributed by atoms with Gasteiger partial charge in [0.2, 0.25) is 0 Å². The Bertz CT molecular complexity index is 978. The molecule has 3 aliphatic heterocycles. The highest BCUT2D eigenvalue weighted by molar-refractivity contribution is 5.77. The van der Waals surface area contributed by atoms with Gasteiger partial charge in [-0.25, -0.2) is 4.79 Å². The fourth-order valence-corrected chi connectivity index (χ4v) is 5.51. The van der Waals surface area contributed by atoms with E-state index >= 15 is 0 Å². The molecule has 1 aromatic carbocycles. The summed E-state index contributed by atoms with van der Waals surface area (Å²) in [6, 6.07) is 7.52. The second-order valence-corrected chi connectivity index (χ2v) is 12.3. The zero-order valence-corrected chi connectivity index (χ0v) is 24.1. The Morgan fingerprint density at radius 2 is 1.74 bits per heavy atom. The van der Waals surface area contributed by atoms with Crippen LogP contribution in [0.3, 0.4) is 0 Å². The van der Waals surface area contributed by atoms with Crippen LogP contribution in [0, 0.1) is 0 Å². The smallest absolute Gasteiger partial charge is 0.410 e. The van der Waals surface area contributed by atoms with Gasteiger partial charge in [0.1, 0.15) is 17.0 Å². The van der Waals surface area contributed by atoms with E-state index in [1.54, 1.807) is 23.8 Å². The van der Waals surface area contributed by atoms with Crippen LogP contribution in [0.15, 0.2) is 24.3 Å². The fourth-order valence-electron chi connectivity index (χ4n) is 5.51. The molecule has 4 rings (SSSR count). The highest BCUT2D eigenvalue weighted by Crippen LogP contribution is 2.40. The lowest BCUT2D eigenvalue weighted by Gasteiger charge is -2.52. The van der Waals surface area contributed by atoms with Gasteiger partial charge in [-0.2, -0.15) is 0 Å². The molecular weight excluding hydrogens is 502 g/mol. The van der Waals surface area contributed by atoms with E-state index in [1.807, 2.05) is 45.0 Å². The highest BCUT2D eigenvalue weighted by atomic mass is 16.6. The van der Waals surface area contributed by atoms with E-state index in [9.17, 15) is 14.7 Å². The summed E-state index contributed by atoms with van der Waals surface area (Å²) in [5, 5.41) is 11.0. The van der Waals surface area contributed by atoms with E-state index in [0.717, 1.165) is 32.5 Å². The minimum atomic E-state index is -1.15. The number of carbonyl (C=O) groups excluding carboxylic acids is 2. The Kier molecular flexibility index (Phi) is 9.10. The lowest BCUT2D eigenvalue weighted by Crippen LogP contribution is -2.64. The monoisotopic (exact) mass is 547 g/mol. The predicted molar refractivity (Wildman–Crippen MR) is 146 cm³/mol. The van der Waals surface area contributed by atoms with Crippen molar-refractivity contribution in [1.82, 2.24) is 14.7 Å². The Balaban J connectivity index is 1.26. The predicted octanol–water partition coefficient (Wildman–Crippen LogP) is 2.67. The minimum Gasteiger partial charge on any atom is -0.484 e. The van der Waals surface area contributed by atoms with Crippen molar-refractivity contribution in [2.45, 2.75) is 76.3 Å². The molecule has 1 aromatic rings. The van der Waals surface area contributed by atoms with Crippen LogP contribution in [-0.2, 0) is 25.5 Å². The van der Waals surface area contributed by atoms with Crippen LogP contribution in [0.1, 0.15) is 52.5 Å². The molecule has 39 heavy (non-hydrogen) atoms. The minimum absolute atomic E-state index is 0.0180. The second-order valence-electron chi connectivity index (χ2n) is 12.3. The average molecular weight is 548 g/mol. The van der Waals surface area contributed by atoms with E-state index in [2.05, 4.69) is 4.90 Å². The maximum atomic E-state index is 12.8. The number of benzene rings is 1. The largest absolute Gasteiger partial charge is 0.484 e. The number of likely N-dealkylation sites (N-methyl/N-ethyl adjacent to an activating group) is 1. The lowest BCUT2D eigenvalue weighted by molar-refractivity contribution is -0.206. The topological polar surface area (TPSA) is 101 Å². The van der Waals surface area contributed by atoms with Crippen LogP contribution in [0.25, 0.3) is 0 Å². The Morgan fingerprint density at radius 3 is 2.36 bits per heavy atom. The van der Waals surface area contributed by atoms with Gasteiger partial charge in [0, 0.05) is 39.8 Å². The van der Waals surface area contributed by atoms with Crippen molar-refractivity contribution in [3.63, 3.8) is 0 Å². The van der Waals surface area contributed by atoms with Crippen molar-refractivity contribution in [1.29, 1.82) is 0 Å². The summed E-state index contributed by atoms with van der Waals surface area (Å²) in [6.07, 6.45) is 1.79. The molecule has 3 aliphatic rings. The standard InChI is InChI=1S/C29H45N3O7/c1-27(2,3)39-26(34)30(5)24-18-29(38-21-28(24,4)35)10-12-31(13-11-29)19-22-6-8-23(9-7-22)37-20-25(33)32-14-16-36-17-15-32/h6-9,24,35H,10-21H2,1-5H3/t24-,28-/m0/s1. The van der Waals surface area contributed by atoms with Crippen molar-refractivity contribution >= 4 is 12.0 Å². The first-order valence-corrected chi connectivity index (χ1v) is 14.0. The molecule has 2 atom stereocenters. The number of hydrogen-bond acceptors (Lipinski definition) is 8. The van der Waals surface area contributed by atoms with Gasteiger partial charge in [-0.05, 0) is 64.7 Å². The third-order valence-electron chi connectivity index (χ3n) is 7.93. The first-order chi connectivity index (χ1) is 18.4. The molecule has 0 radical (unpaired) electrons. The molecule has 0 bridgehead atoms. The van der Waals surface area contributed by atoms with E-state index in [0.29, 0.717) is 38.5 Å². The maximum absolute atomic E-state index is 12.8. The molecule has 10 heteroatoms. The number of amides is 2. The van der Waals surface area contributed by atoms with Gasteiger partial charge in [0.25, 0.3) is 5.91 Å². The van der Waals surface area contributed by atoms with Gasteiger partial charge in [0.05, 0.1) is 31.5 Å². The van der Waals surface area contributed by atoms with Gasteiger partial charge in [-0.3, -0.25) is 9.69 Å². The third-order valence-corrected chi connectivity index (χ3v) is 7.93. The van der Waals surface area contributed by atoms with Crippen LogP contribution in [0.2, 0.25) is 0 Å². The van der Waals surface area contributed by atoms with Crippen molar-refractivity contribution < 1.29 is 33.6 Å². The van der Waals surface area contributed by atoms with Gasteiger partial charge >= 0.3 is 6.09 Å². The SMILES string of the molecule is CN(C(=O)OC(C)(C)C)[C@H]1CC2(CCN(Cc3ccc(OCC(=O)N4CCOCC4)cc3)CC2)OC[C@]1(C)O. The van der Waals surface area contributed by atoms with E-state index in [-0.39, 0.29) is 24.7 Å². The summed E-state index contributed by atoms with van der Waals surface area (Å²) in [6.45, 7) is 12.4. The summed E-state index contributed by atoms with van der Waals surface area (Å²) in [4.78, 5) is 30.8. The highest BCUT2D eigenvalue weighted by Gasteiger charge is 2.51. The number of morpholine rings is 1. The van der Waals surface area contributed by atoms with Crippen molar-refractivity contribution in [2.24, 2.45) is 0 Å². The number of rotatable bonds is 6. The van der Waals surface area contributed by atoms with E-state index in [1.165, 1.54) is 5.56 Å². The van der Waals surface area contributed by atoms with Gasteiger partial charge in [-0.1, -0.05) is 12.1 Å². The molecule has 0 aromatic heterocycles. The molecule has 10 nitrogen and oxygen atoms in total. The lowest BCUT2D eigenvalue weighted by atomic mass is 9.77. The molecular formula is C29H45N3O7. The van der Waals surface area contributed by atoms with Crippen LogP contribution in [-0.4, -0.2) is 114 Å². The van der Waals surface area contributed by atoms with Gasteiger partial charge < -0.3 is 33.9 Å². The summed E-state index contributed by atoms with van der Waals surface area (Å²) < 4.78 is 22.8. The summed E-state index contributed by atoms with van der Waals surface area (Å²) in [7, 11) is 1.70. The second kappa shape index (κ2) is 12.0. The summed E-state index contributed by atoms with van der Waals surface area (Å²) in [5.41, 5.74) is -0.946. The Hall–Kier alpha value is -2.40. The van der Waals surface area contributed by atoms with Crippen molar-refractivity contribution in [3.8, 4) is 5.75 Å². The zero-order valence-electron chi connectivity index (χ0n) is 24.1. The van der Waals surface area contributed by atoms with E-state index < -0.39 is 23.3 Å². The molecule has 2 amide bonds. The van der Waals surface area contributed by atoms with Crippen LogP contribution >= 0.6 is 0 Å². The normalized spacial score (nSPS) is 25.8. The quantitative estimate of drug-likeness (QED) is 0.580. The van der Waals surface area contributed by atoms with Crippen LogP contribution in [0.4, 0.5) is 4.79 Å². The fraction of sp³-hybridized carbons (Fsp3) is 0.724. The summed E-state index contributed by atoms with van der Waals surface area (Å²) in [5.74, 6) is 0.663. The van der Waals surface area contributed by atoms with Crippen LogP contribution in [0.5, 0.6) is 5.75 Å². The van der Waals surface area contributed by atoms with E-state index in [4.69, 9.17) is 18.9 Å². The molecule has 1 spiro atoms. The molecule has 218 valence electrons. The third kappa shape index (κ3) is 7.84. The maximum Gasteiger partial charge on any atom is 0.410 e. The van der Waals surface area contributed by atoms with Crippen molar-refractivity contribution in [2.75, 3.05) is 59.7 Å². The number of carbonyl (C=O) groups is 2.